The lowest BCUT2D eigenvalue weighted by Gasteiger charge is -2.36. The van der Waals surface area contributed by atoms with E-state index in [-0.39, 0.29) is 24.1 Å². The van der Waals surface area contributed by atoms with Gasteiger partial charge in [0.1, 0.15) is 5.82 Å². The van der Waals surface area contributed by atoms with Crippen LogP contribution in [0.15, 0.2) is 24.3 Å². The number of nitrogens with zero attached hydrogens (tertiary/aromatic N) is 2. The number of hydrogen-bond acceptors (Lipinski definition) is 4. The summed E-state index contributed by atoms with van der Waals surface area (Å²) in [6.45, 7) is 2.69. The minimum atomic E-state index is -0.556. The minimum Gasteiger partial charge on any atom is -0.353 e. The Labute approximate surface area is 140 Å². The highest BCUT2D eigenvalue weighted by molar-refractivity contribution is 5.88. The molecule has 1 unspecified atom stereocenters. The van der Waals surface area contributed by atoms with Crippen LogP contribution in [0, 0.1) is 5.82 Å². The van der Waals surface area contributed by atoms with Crippen molar-refractivity contribution >= 4 is 11.8 Å². The lowest BCUT2D eigenvalue weighted by Crippen LogP contribution is -2.56. The van der Waals surface area contributed by atoms with Crippen LogP contribution < -0.4 is 5.32 Å². The molecule has 1 N–H and O–H groups in total. The van der Waals surface area contributed by atoms with E-state index >= 15 is 0 Å². The first-order valence-corrected chi connectivity index (χ1v) is 8.33. The third-order valence-electron chi connectivity index (χ3n) is 4.37. The number of carbonyl (C=O) groups is 2. The molecule has 7 heteroatoms. The van der Waals surface area contributed by atoms with Gasteiger partial charge in [-0.05, 0) is 30.5 Å². The summed E-state index contributed by atoms with van der Waals surface area (Å²) in [5.41, 5.74) is 0.788. The second-order valence-corrected chi connectivity index (χ2v) is 6.15. The highest BCUT2D eigenvalue weighted by Crippen LogP contribution is 2.17. The summed E-state index contributed by atoms with van der Waals surface area (Å²) in [5, 5.41) is 4.17. The summed E-state index contributed by atoms with van der Waals surface area (Å²) in [7, 11) is 0. The Morgan fingerprint density at radius 1 is 1.33 bits per heavy atom. The molecule has 0 spiro atoms. The maximum atomic E-state index is 13.4. The lowest BCUT2D eigenvalue weighted by molar-refractivity contribution is -0.198. The quantitative estimate of drug-likeness (QED) is 0.894. The van der Waals surface area contributed by atoms with Gasteiger partial charge >= 0.3 is 0 Å². The van der Waals surface area contributed by atoms with Crippen molar-refractivity contribution in [2.45, 2.75) is 31.8 Å². The van der Waals surface area contributed by atoms with Gasteiger partial charge in [-0.15, -0.1) is 0 Å². The molecule has 2 amide bonds. The van der Waals surface area contributed by atoms with Gasteiger partial charge in [-0.3, -0.25) is 19.3 Å². The van der Waals surface area contributed by atoms with Crippen LogP contribution in [0.4, 0.5) is 4.39 Å². The van der Waals surface area contributed by atoms with Crippen LogP contribution in [-0.2, 0) is 21.0 Å². The van der Waals surface area contributed by atoms with E-state index in [0.717, 1.165) is 18.4 Å². The Hall–Kier alpha value is -1.99. The van der Waals surface area contributed by atoms with Crippen molar-refractivity contribution in [3.63, 3.8) is 0 Å². The van der Waals surface area contributed by atoms with Crippen LogP contribution in [0.2, 0.25) is 0 Å². The lowest BCUT2D eigenvalue weighted by atomic mass is 10.1. The molecule has 6 nitrogen and oxygen atoms in total. The largest absolute Gasteiger partial charge is 0.353 e. The number of rotatable bonds is 4. The summed E-state index contributed by atoms with van der Waals surface area (Å²) in [6, 6.07) is 5.76. The molecule has 0 saturated carbocycles. The topological polar surface area (TPSA) is 61.9 Å². The maximum Gasteiger partial charge on any atom is 0.248 e. The smallest absolute Gasteiger partial charge is 0.248 e. The van der Waals surface area contributed by atoms with Crippen molar-refractivity contribution in [3.05, 3.63) is 35.6 Å². The van der Waals surface area contributed by atoms with E-state index < -0.39 is 6.04 Å². The summed E-state index contributed by atoms with van der Waals surface area (Å²) in [6.07, 6.45) is 1.93. The number of hydrogen-bond donors (Lipinski definition) is 1. The summed E-state index contributed by atoms with van der Waals surface area (Å²) < 4.78 is 13.4. The first kappa shape index (κ1) is 16.9. The van der Waals surface area contributed by atoms with Crippen LogP contribution in [0.25, 0.3) is 0 Å². The van der Waals surface area contributed by atoms with Gasteiger partial charge in [0.15, 0.2) is 0 Å². The van der Waals surface area contributed by atoms with E-state index in [1.165, 1.54) is 17.2 Å². The molecule has 0 aliphatic carbocycles. The van der Waals surface area contributed by atoms with Crippen LogP contribution >= 0.6 is 0 Å². The van der Waals surface area contributed by atoms with E-state index in [1.54, 1.807) is 6.07 Å². The maximum absolute atomic E-state index is 13.4. The normalized spacial score (nSPS) is 22.3. The Bertz CT molecular complexity index is 604. The van der Waals surface area contributed by atoms with E-state index in [0.29, 0.717) is 32.8 Å². The zero-order valence-electron chi connectivity index (χ0n) is 13.5. The molecule has 0 bridgehead atoms. The van der Waals surface area contributed by atoms with E-state index in [1.807, 2.05) is 11.0 Å². The van der Waals surface area contributed by atoms with Crippen molar-refractivity contribution < 1.29 is 18.8 Å². The molecular weight excluding hydrogens is 313 g/mol. The SMILES string of the molecule is O=C1NCCN(Cc2cccc(F)c2)C1CC(=O)N1CCCCO1. The van der Waals surface area contributed by atoms with Crippen molar-refractivity contribution in [2.24, 2.45) is 0 Å². The second-order valence-electron chi connectivity index (χ2n) is 6.15. The Kier molecular flexibility index (Phi) is 5.42. The average Bonchev–Trinajstić information content (AvgIpc) is 2.59. The van der Waals surface area contributed by atoms with Crippen LogP contribution in [0.3, 0.4) is 0 Å². The van der Waals surface area contributed by atoms with Crippen LogP contribution in [0.5, 0.6) is 0 Å². The predicted octanol–water partition coefficient (Wildman–Crippen LogP) is 1.07. The highest BCUT2D eigenvalue weighted by atomic mass is 19.1. The molecular formula is C17H22FN3O3. The molecule has 1 aromatic rings. The molecule has 24 heavy (non-hydrogen) atoms. The summed E-state index contributed by atoms with van der Waals surface area (Å²) >= 11 is 0. The number of carbonyl (C=O) groups excluding carboxylic acids is 2. The summed E-state index contributed by atoms with van der Waals surface area (Å²) in [5.74, 6) is -0.646. The average molecular weight is 335 g/mol. The van der Waals surface area contributed by atoms with Crippen molar-refractivity contribution in [3.8, 4) is 0 Å². The molecule has 1 aromatic carbocycles. The fraction of sp³-hybridized carbons (Fsp3) is 0.529. The molecule has 0 radical (unpaired) electrons. The first-order valence-electron chi connectivity index (χ1n) is 8.33. The zero-order chi connectivity index (χ0) is 16.9. The van der Waals surface area contributed by atoms with Crippen molar-refractivity contribution in [1.82, 2.24) is 15.3 Å². The monoisotopic (exact) mass is 335 g/mol. The van der Waals surface area contributed by atoms with Crippen LogP contribution in [-0.4, -0.2) is 54.1 Å². The van der Waals surface area contributed by atoms with Crippen molar-refractivity contribution in [1.29, 1.82) is 0 Å². The Balaban J connectivity index is 1.67. The Morgan fingerprint density at radius 2 is 2.21 bits per heavy atom. The zero-order valence-corrected chi connectivity index (χ0v) is 13.5. The van der Waals surface area contributed by atoms with Gasteiger partial charge in [0.25, 0.3) is 0 Å². The second kappa shape index (κ2) is 7.72. The highest BCUT2D eigenvalue weighted by Gasteiger charge is 2.33. The van der Waals surface area contributed by atoms with Gasteiger partial charge < -0.3 is 5.32 Å². The van der Waals surface area contributed by atoms with Gasteiger partial charge in [-0.1, -0.05) is 12.1 Å². The first-order chi connectivity index (χ1) is 11.6. The number of piperazine rings is 1. The number of nitrogens with one attached hydrogen (secondary N) is 1. The summed E-state index contributed by atoms with van der Waals surface area (Å²) in [4.78, 5) is 31.9. The van der Waals surface area contributed by atoms with Crippen LogP contribution in [0.1, 0.15) is 24.8 Å². The van der Waals surface area contributed by atoms with Gasteiger partial charge in [-0.2, -0.15) is 0 Å². The minimum absolute atomic E-state index is 0.0706. The molecule has 0 aromatic heterocycles. The molecule has 3 rings (SSSR count). The van der Waals surface area contributed by atoms with Gasteiger partial charge in [-0.25, -0.2) is 9.45 Å². The molecule has 130 valence electrons. The molecule has 2 heterocycles. The van der Waals surface area contributed by atoms with Gasteiger partial charge in [0, 0.05) is 26.2 Å². The third kappa shape index (κ3) is 4.10. The van der Waals surface area contributed by atoms with Gasteiger partial charge in [0.2, 0.25) is 11.8 Å². The number of hydroxylamine groups is 2. The molecule has 2 saturated heterocycles. The molecule has 1 atom stereocenters. The number of amides is 2. The molecule has 2 fully saturated rings. The number of halogens is 1. The van der Waals surface area contributed by atoms with E-state index in [4.69, 9.17) is 4.84 Å². The molecule has 2 aliphatic rings. The third-order valence-corrected chi connectivity index (χ3v) is 4.37. The fourth-order valence-corrected chi connectivity index (χ4v) is 3.10. The fourth-order valence-electron chi connectivity index (χ4n) is 3.10. The van der Waals surface area contributed by atoms with Crippen molar-refractivity contribution in [2.75, 3.05) is 26.2 Å². The standard InChI is InChI=1S/C17H22FN3O3/c18-14-5-3-4-13(10-14)12-20-8-6-19-17(23)15(20)11-16(22)21-7-1-2-9-24-21/h3-5,10,15H,1-2,6-9,11-12H2,(H,19,23). The van der Waals surface area contributed by atoms with E-state index in [9.17, 15) is 14.0 Å². The predicted molar refractivity (Wildman–Crippen MR) is 85.1 cm³/mol. The number of benzene rings is 1. The Morgan fingerprint density at radius 3 is 2.96 bits per heavy atom. The molecule has 2 aliphatic heterocycles. The van der Waals surface area contributed by atoms with Gasteiger partial charge in [0.05, 0.1) is 19.1 Å². The van der Waals surface area contributed by atoms with E-state index in [2.05, 4.69) is 5.32 Å².